The molecule has 0 fully saturated rings. The summed E-state index contributed by atoms with van der Waals surface area (Å²) in [5, 5.41) is 3.35. The third-order valence-electron chi connectivity index (χ3n) is 5.05. The van der Waals surface area contributed by atoms with Gasteiger partial charge >= 0.3 is 5.97 Å². The van der Waals surface area contributed by atoms with E-state index >= 15 is 0 Å². The maximum atomic E-state index is 12.8. The van der Waals surface area contributed by atoms with Crippen molar-refractivity contribution in [1.29, 1.82) is 0 Å². The van der Waals surface area contributed by atoms with Crippen molar-refractivity contribution in [3.8, 4) is 0 Å². The number of esters is 1. The van der Waals surface area contributed by atoms with Crippen LogP contribution in [0.25, 0.3) is 0 Å². The van der Waals surface area contributed by atoms with Gasteiger partial charge in [-0.15, -0.1) is 0 Å². The first-order valence-electron chi connectivity index (χ1n) is 9.91. The van der Waals surface area contributed by atoms with E-state index in [-0.39, 0.29) is 39.0 Å². The van der Waals surface area contributed by atoms with Crippen LogP contribution >= 0.6 is 34.8 Å². The molecular formula is C24H15Cl3N2O5. The van der Waals surface area contributed by atoms with E-state index in [9.17, 15) is 19.2 Å². The Hall–Kier alpha value is -3.39. The minimum atomic E-state index is -0.833. The van der Waals surface area contributed by atoms with Crippen molar-refractivity contribution in [3.63, 3.8) is 0 Å². The van der Waals surface area contributed by atoms with Gasteiger partial charge in [-0.3, -0.25) is 19.3 Å². The van der Waals surface area contributed by atoms with E-state index < -0.39 is 30.3 Å². The molecule has 3 amide bonds. The Balaban J connectivity index is 1.43. The number of carbonyl (C=O) groups is 4. The normalized spacial score (nSPS) is 12.5. The predicted octanol–water partition coefficient (Wildman–Crippen LogP) is 5.24. The van der Waals surface area contributed by atoms with Crippen LogP contribution in [0, 0.1) is 0 Å². The zero-order valence-electron chi connectivity index (χ0n) is 17.3. The number of rotatable bonds is 6. The number of anilines is 1. The molecule has 172 valence electrons. The molecule has 1 aliphatic rings. The van der Waals surface area contributed by atoms with E-state index in [1.54, 1.807) is 42.5 Å². The van der Waals surface area contributed by atoms with Gasteiger partial charge in [-0.1, -0.05) is 59.1 Å². The van der Waals surface area contributed by atoms with Gasteiger partial charge in [0.2, 0.25) is 0 Å². The van der Waals surface area contributed by atoms with Gasteiger partial charge in [0, 0.05) is 5.02 Å². The second-order valence-corrected chi connectivity index (χ2v) is 8.47. The summed E-state index contributed by atoms with van der Waals surface area (Å²) in [4.78, 5) is 51.2. The highest BCUT2D eigenvalue weighted by atomic mass is 35.5. The van der Waals surface area contributed by atoms with Crippen LogP contribution in [0.2, 0.25) is 15.1 Å². The molecule has 10 heteroatoms. The average molecular weight is 518 g/mol. The quantitative estimate of drug-likeness (QED) is 0.357. The van der Waals surface area contributed by atoms with Gasteiger partial charge in [0.15, 0.2) is 6.61 Å². The van der Waals surface area contributed by atoms with Crippen molar-refractivity contribution in [1.82, 2.24) is 4.90 Å². The molecule has 0 aliphatic carbocycles. The average Bonchev–Trinajstić information content (AvgIpc) is 3.06. The van der Waals surface area contributed by atoms with Crippen LogP contribution in [0.5, 0.6) is 0 Å². The standard InChI is InChI=1S/C24H15Cl3N2O5/c25-17-5-2-1-4-14(17)11-29-22(31)15-9-8-13(10-16(15)23(29)32)24(33)34-12-20(30)28-19-7-3-6-18(26)21(19)27/h1-10H,11-12H2,(H,28,30). The lowest BCUT2D eigenvalue weighted by molar-refractivity contribution is -0.119. The van der Waals surface area contributed by atoms with Gasteiger partial charge in [0.25, 0.3) is 17.7 Å². The number of imide groups is 1. The third-order valence-corrected chi connectivity index (χ3v) is 6.24. The van der Waals surface area contributed by atoms with Gasteiger partial charge in [-0.25, -0.2) is 4.79 Å². The molecule has 1 aliphatic heterocycles. The number of carbonyl (C=O) groups excluding carboxylic acids is 4. The molecular weight excluding hydrogens is 503 g/mol. The van der Waals surface area contributed by atoms with Gasteiger partial charge in [0.1, 0.15) is 0 Å². The highest BCUT2D eigenvalue weighted by Gasteiger charge is 2.36. The van der Waals surface area contributed by atoms with Crippen LogP contribution < -0.4 is 5.32 Å². The van der Waals surface area contributed by atoms with E-state index in [4.69, 9.17) is 39.5 Å². The van der Waals surface area contributed by atoms with Crippen LogP contribution in [0.1, 0.15) is 36.6 Å². The Morgan fingerprint density at radius 2 is 1.56 bits per heavy atom. The molecule has 0 spiro atoms. The highest BCUT2D eigenvalue weighted by molar-refractivity contribution is 6.44. The Bertz CT molecular complexity index is 1340. The summed E-state index contributed by atoms with van der Waals surface area (Å²) >= 11 is 18.1. The first kappa shape index (κ1) is 23.8. The van der Waals surface area contributed by atoms with Crippen molar-refractivity contribution < 1.29 is 23.9 Å². The van der Waals surface area contributed by atoms with Crippen molar-refractivity contribution in [2.75, 3.05) is 11.9 Å². The molecule has 0 radical (unpaired) electrons. The molecule has 0 saturated heterocycles. The molecule has 3 aromatic rings. The number of halogens is 3. The Kier molecular flexibility index (Phi) is 6.88. The molecule has 1 heterocycles. The fourth-order valence-corrected chi connectivity index (χ4v) is 3.90. The second-order valence-electron chi connectivity index (χ2n) is 7.27. The molecule has 0 aromatic heterocycles. The van der Waals surface area contributed by atoms with Gasteiger partial charge < -0.3 is 10.1 Å². The number of hydrogen-bond acceptors (Lipinski definition) is 5. The molecule has 34 heavy (non-hydrogen) atoms. The number of hydrogen-bond donors (Lipinski definition) is 1. The maximum Gasteiger partial charge on any atom is 0.338 e. The summed E-state index contributed by atoms with van der Waals surface area (Å²) in [6.45, 7) is -0.595. The topological polar surface area (TPSA) is 92.8 Å². The summed E-state index contributed by atoms with van der Waals surface area (Å²) < 4.78 is 5.04. The summed E-state index contributed by atoms with van der Waals surface area (Å²) in [6, 6.07) is 15.6. The van der Waals surface area contributed by atoms with Gasteiger partial charge in [-0.2, -0.15) is 0 Å². The molecule has 0 bridgehead atoms. The highest BCUT2D eigenvalue weighted by Crippen LogP contribution is 2.30. The van der Waals surface area contributed by atoms with E-state index in [1.807, 2.05) is 0 Å². The number of nitrogens with zero attached hydrogens (tertiary/aromatic N) is 1. The lowest BCUT2D eigenvalue weighted by atomic mass is 10.1. The summed E-state index contributed by atoms with van der Waals surface area (Å²) in [7, 11) is 0. The fraction of sp³-hybridized carbons (Fsp3) is 0.0833. The lowest BCUT2D eigenvalue weighted by Gasteiger charge is -2.14. The molecule has 4 rings (SSSR count). The summed E-state index contributed by atoms with van der Waals surface area (Å²) in [6.07, 6.45) is 0. The molecule has 0 atom stereocenters. The molecule has 0 unspecified atom stereocenters. The van der Waals surface area contributed by atoms with Crippen molar-refractivity contribution >= 4 is 64.2 Å². The Morgan fingerprint density at radius 1 is 0.853 bits per heavy atom. The minimum absolute atomic E-state index is 0.00195. The number of benzene rings is 3. The van der Waals surface area contributed by atoms with Crippen LogP contribution in [-0.4, -0.2) is 35.2 Å². The van der Waals surface area contributed by atoms with Crippen molar-refractivity contribution in [2.24, 2.45) is 0 Å². The number of nitrogens with one attached hydrogen (secondary N) is 1. The van der Waals surface area contributed by atoms with Gasteiger partial charge in [-0.05, 0) is 42.0 Å². The fourth-order valence-electron chi connectivity index (χ4n) is 3.36. The van der Waals surface area contributed by atoms with E-state index in [2.05, 4.69) is 5.32 Å². The van der Waals surface area contributed by atoms with E-state index in [1.165, 1.54) is 18.2 Å². The monoisotopic (exact) mass is 516 g/mol. The first-order valence-corrected chi connectivity index (χ1v) is 11.0. The predicted molar refractivity (Wildman–Crippen MR) is 127 cm³/mol. The lowest BCUT2D eigenvalue weighted by Crippen LogP contribution is -2.29. The molecule has 0 saturated carbocycles. The van der Waals surface area contributed by atoms with Gasteiger partial charge in [0.05, 0.1) is 39.0 Å². The number of fused-ring (bicyclic) bond motifs is 1. The van der Waals surface area contributed by atoms with Crippen molar-refractivity contribution in [2.45, 2.75) is 6.54 Å². The summed E-state index contributed by atoms with van der Waals surface area (Å²) in [5.41, 5.74) is 1.15. The minimum Gasteiger partial charge on any atom is -0.452 e. The third kappa shape index (κ3) is 4.77. The number of ether oxygens (including phenoxy) is 1. The van der Waals surface area contributed by atoms with Crippen LogP contribution in [-0.2, 0) is 16.1 Å². The van der Waals surface area contributed by atoms with E-state index in [0.717, 1.165) is 4.90 Å². The maximum absolute atomic E-state index is 12.8. The molecule has 7 nitrogen and oxygen atoms in total. The van der Waals surface area contributed by atoms with Crippen LogP contribution in [0.3, 0.4) is 0 Å². The Morgan fingerprint density at radius 3 is 2.32 bits per heavy atom. The Labute approximate surface area is 209 Å². The zero-order valence-corrected chi connectivity index (χ0v) is 19.6. The smallest absolute Gasteiger partial charge is 0.338 e. The first-order chi connectivity index (χ1) is 16.3. The van der Waals surface area contributed by atoms with Crippen LogP contribution in [0.15, 0.2) is 60.7 Å². The van der Waals surface area contributed by atoms with Crippen LogP contribution in [0.4, 0.5) is 5.69 Å². The SMILES string of the molecule is O=C(COC(=O)c1ccc2c(c1)C(=O)N(Cc1ccccc1Cl)C2=O)Nc1cccc(Cl)c1Cl. The van der Waals surface area contributed by atoms with E-state index in [0.29, 0.717) is 10.6 Å². The second kappa shape index (κ2) is 9.85. The number of amides is 3. The zero-order chi connectivity index (χ0) is 24.4. The summed E-state index contributed by atoms with van der Waals surface area (Å²) in [5.74, 6) is -2.50. The molecule has 1 N–H and O–H groups in total. The largest absolute Gasteiger partial charge is 0.452 e. The molecule has 3 aromatic carbocycles. The van der Waals surface area contributed by atoms with Crippen molar-refractivity contribution in [3.05, 3.63) is 98.0 Å².